The van der Waals surface area contributed by atoms with Crippen LogP contribution in [0.15, 0.2) is 12.2 Å². The Morgan fingerprint density at radius 2 is 1.57 bits per heavy atom. The lowest BCUT2D eigenvalue weighted by molar-refractivity contribution is -0.356. The first kappa shape index (κ1) is 23.9. The number of carboxylic acid groups (broad SMARTS) is 2. The second-order valence-corrected chi connectivity index (χ2v) is 5.79. The van der Waals surface area contributed by atoms with Crippen molar-refractivity contribution in [2.75, 3.05) is 6.61 Å². The number of hydrogen-bond donors (Lipinski definition) is 2. The molecule has 0 radical (unpaired) electrons. The second-order valence-electron chi connectivity index (χ2n) is 5.79. The zero-order valence-electron chi connectivity index (χ0n) is 14.9. The van der Waals surface area contributed by atoms with Crippen LogP contribution < -0.4 is 0 Å². The Bertz CT molecular complexity index is 349. The Morgan fingerprint density at radius 3 is 1.96 bits per heavy atom. The molecule has 0 aromatic heterocycles. The molecule has 0 spiro atoms. The predicted octanol–water partition coefficient (Wildman–Crippen LogP) is 4.20. The van der Waals surface area contributed by atoms with Crippen molar-refractivity contribution in [1.82, 2.24) is 0 Å². The van der Waals surface area contributed by atoms with Crippen molar-refractivity contribution in [3.8, 4) is 0 Å². The van der Waals surface area contributed by atoms with Gasteiger partial charge in [-0.15, -0.1) is 6.58 Å². The highest BCUT2D eigenvalue weighted by atomic mass is 17.2. The fourth-order valence-electron chi connectivity index (χ4n) is 1.65. The SMILES string of the molecule is C=C(C)C.CCCCCOOC(CCCC)(CC(=O)O)C(=O)O. The molecule has 0 aliphatic rings. The first-order valence-corrected chi connectivity index (χ1v) is 8.09. The van der Waals surface area contributed by atoms with Crippen LogP contribution in [0.2, 0.25) is 0 Å². The average Bonchev–Trinajstić information content (AvgIpc) is 2.42. The van der Waals surface area contributed by atoms with Gasteiger partial charge in [0.2, 0.25) is 5.60 Å². The summed E-state index contributed by atoms with van der Waals surface area (Å²) in [6.45, 7) is 11.7. The normalized spacial score (nSPS) is 12.7. The van der Waals surface area contributed by atoms with Crippen molar-refractivity contribution in [2.45, 2.75) is 78.2 Å². The summed E-state index contributed by atoms with van der Waals surface area (Å²) >= 11 is 0. The molecule has 0 aromatic carbocycles. The summed E-state index contributed by atoms with van der Waals surface area (Å²) < 4.78 is 0. The molecule has 1 unspecified atom stereocenters. The Morgan fingerprint density at radius 1 is 1.04 bits per heavy atom. The van der Waals surface area contributed by atoms with E-state index in [4.69, 9.17) is 14.9 Å². The van der Waals surface area contributed by atoms with Gasteiger partial charge in [-0.25, -0.2) is 14.6 Å². The van der Waals surface area contributed by atoms with Crippen LogP contribution in [0.5, 0.6) is 0 Å². The minimum absolute atomic E-state index is 0.124. The van der Waals surface area contributed by atoms with E-state index in [1.165, 1.54) is 5.57 Å². The number of carboxylic acids is 2. The highest BCUT2D eigenvalue weighted by Gasteiger charge is 2.43. The fraction of sp³-hybridized carbons (Fsp3) is 0.765. The average molecular weight is 332 g/mol. The number of hydrogen-bond acceptors (Lipinski definition) is 4. The molecule has 0 heterocycles. The first-order valence-electron chi connectivity index (χ1n) is 8.09. The van der Waals surface area contributed by atoms with Crippen LogP contribution in [-0.2, 0) is 19.4 Å². The van der Waals surface area contributed by atoms with Crippen LogP contribution in [0.3, 0.4) is 0 Å². The van der Waals surface area contributed by atoms with Crippen molar-refractivity contribution in [3.05, 3.63) is 12.2 Å². The highest BCUT2D eigenvalue weighted by Crippen LogP contribution is 2.25. The van der Waals surface area contributed by atoms with Crippen LogP contribution in [0.4, 0.5) is 0 Å². The predicted molar refractivity (Wildman–Crippen MR) is 89.2 cm³/mol. The molecule has 0 aromatic rings. The molecule has 0 amide bonds. The number of rotatable bonds is 12. The van der Waals surface area contributed by atoms with Gasteiger partial charge in [0.15, 0.2) is 0 Å². The third-order valence-corrected chi connectivity index (χ3v) is 2.81. The van der Waals surface area contributed by atoms with E-state index in [0.29, 0.717) is 6.42 Å². The van der Waals surface area contributed by atoms with Crippen molar-refractivity contribution in [3.63, 3.8) is 0 Å². The molecular formula is C17H32O6. The van der Waals surface area contributed by atoms with Crippen LogP contribution in [0.25, 0.3) is 0 Å². The zero-order chi connectivity index (χ0) is 18.3. The smallest absolute Gasteiger partial charge is 0.340 e. The zero-order valence-corrected chi connectivity index (χ0v) is 14.9. The van der Waals surface area contributed by atoms with E-state index in [1.807, 2.05) is 27.7 Å². The molecular weight excluding hydrogens is 300 g/mol. The molecule has 6 heteroatoms. The van der Waals surface area contributed by atoms with Gasteiger partial charge in [-0.3, -0.25) is 4.79 Å². The van der Waals surface area contributed by atoms with E-state index in [0.717, 1.165) is 25.7 Å². The summed E-state index contributed by atoms with van der Waals surface area (Å²) in [6, 6.07) is 0. The standard InChI is InChI=1S/C13H24O6.C4H8/c1-3-5-7-9-18-19-13(12(16)17,8-6-4-2)10-11(14)15;1-4(2)3/h3-10H2,1-2H3,(H,14,15)(H,16,17);1H2,2-3H3. The molecule has 0 aliphatic carbocycles. The van der Waals surface area contributed by atoms with Crippen molar-refractivity contribution < 1.29 is 29.6 Å². The van der Waals surface area contributed by atoms with E-state index in [2.05, 4.69) is 6.58 Å². The summed E-state index contributed by atoms with van der Waals surface area (Å²) in [7, 11) is 0. The van der Waals surface area contributed by atoms with Crippen molar-refractivity contribution in [1.29, 1.82) is 0 Å². The molecule has 0 saturated heterocycles. The number of unbranched alkanes of at least 4 members (excludes halogenated alkanes) is 3. The molecule has 23 heavy (non-hydrogen) atoms. The molecule has 2 N–H and O–H groups in total. The Balaban J connectivity index is 0. The maximum absolute atomic E-state index is 11.3. The summed E-state index contributed by atoms with van der Waals surface area (Å²) in [6.07, 6.45) is 3.57. The van der Waals surface area contributed by atoms with Gasteiger partial charge in [-0.2, -0.15) is 0 Å². The van der Waals surface area contributed by atoms with Gasteiger partial charge in [0.05, 0.1) is 13.0 Å². The van der Waals surface area contributed by atoms with Crippen LogP contribution in [-0.4, -0.2) is 34.4 Å². The molecule has 6 nitrogen and oxygen atoms in total. The van der Waals surface area contributed by atoms with Gasteiger partial charge in [-0.05, 0) is 26.7 Å². The minimum Gasteiger partial charge on any atom is -0.481 e. The Kier molecular flexibility index (Phi) is 14.7. The van der Waals surface area contributed by atoms with Crippen LogP contribution in [0, 0.1) is 0 Å². The molecule has 1 atom stereocenters. The number of aliphatic carboxylic acids is 2. The fourth-order valence-corrected chi connectivity index (χ4v) is 1.65. The second kappa shape index (κ2) is 14.2. The van der Waals surface area contributed by atoms with E-state index < -0.39 is 24.0 Å². The van der Waals surface area contributed by atoms with E-state index in [9.17, 15) is 14.7 Å². The Labute approximate surface area is 139 Å². The number of allylic oxidation sites excluding steroid dienone is 1. The monoisotopic (exact) mass is 332 g/mol. The molecule has 136 valence electrons. The van der Waals surface area contributed by atoms with Crippen molar-refractivity contribution >= 4 is 11.9 Å². The minimum atomic E-state index is -1.78. The lowest BCUT2D eigenvalue weighted by atomic mass is 9.93. The summed E-state index contributed by atoms with van der Waals surface area (Å²) in [5.74, 6) is -2.51. The van der Waals surface area contributed by atoms with E-state index in [-0.39, 0.29) is 13.0 Å². The van der Waals surface area contributed by atoms with E-state index >= 15 is 0 Å². The van der Waals surface area contributed by atoms with Gasteiger partial charge in [0.25, 0.3) is 0 Å². The van der Waals surface area contributed by atoms with Crippen molar-refractivity contribution in [2.24, 2.45) is 0 Å². The molecule has 0 saturated carbocycles. The van der Waals surface area contributed by atoms with E-state index in [1.54, 1.807) is 0 Å². The molecule has 0 bridgehead atoms. The maximum atomic E-state index is 11.3. The van der Waals surface area contributed by atoms with Gasteiger partial charge >= 0.3 is 11.9 Å². The van der Waals surface area contributed by atoms with Gasteiger partial charge in [-0.1, -0.05) is 45.1 Å². The quantitative estimate of drug-likeness (QED) is 0.241. The molecule has 0 aliphatic heterocycles. The summed E-state index contributed by atoms with van der Waals surface area (Å²) in [4.78, 5) is 32.0. The summed E-state index contributed by atoms with van der Waals surface area (Å²) in [5, 5.41) is 18.1. The lowest BCUT2D eigenvalue weighted by Crippen LogP contribution is -2.43. The largest absolute Gasteiger partial charge is 0.481 e. The van der Waals surface area contributed by atoms with Gasteiger partial charge in [0, 0.05) is 0 Å². The molecule has 0 fully saturated rings. The highest BCUT2D eigenvalue weighted by molar-refractivity contribution is 5.83. The van der Waals surface area contributed by atoms with Gasteiger partial charge in [0.1, 0.15) is 0 Å². The van der Waals surface area contributed by atoms with Gasteiger partial charge < -0.3 is 10.2 Å². The third kappa shape index (κ3) is 14.0. The maximum Gasteiger partial charge on any atom is 0.340 e. The third-order valence-electron chi connectivity index (χ3n) is 2.81. The van der Waals surface area contributed by atoms with Crippen LogP contribution >= 0.6 is 0 Å². The topological polar surface area (TPSA) is 93.1 Å². The lowest BCUT2D eigenvalue weighted by Gasteiger charge is -2.26. The molecule has 0 rings (SSSR count). The first-order chi connectivity index (χ1) is 10.7. The Hall–Kier alpha value is -1.40. The van der Waals surface area contributed by atoms with Crippen LogP contribution in [0.1, 0.15) is 72.6 Å². The summed E-state index contributed by atoms with van der Waals surface area (Å²) in [5.41, 5.74) is -0.617. The number of carbonyl (C=O) groups is 2.